The molecule has 0 rings (SSSR count). The molecule has 0 atom stereocenters. The molecule has 0 bridgehead atoms. The van der Waals surface area contributed by atoms with E-state index in [0.717, 1.165) is 0 Å². The van der Waals surface area contributed by atoms with Gasteiger partial charge >= 0.3 is 20.9 Å². The zero-order valence-electron chi connectivity index (χ0n) is 10.9. The number of hydrogen-bond acceptors (Lipinski definition) is 4. The fourth-order valence-corrected chi connectivity index (χ4v) is 2.92. The summed E-state index contributed by atoms with van der Waals surface area (Å²) in [5.74, 6) is -4.84. The molecule has 10 heteroatoms. The average Bonchev–Trinajstić information content (AvgIpc) is 2.33. The predicted octanol–water partition coefficient (Wildman–Crippen LogP) is 2.47. The number of rotatable bonds is 9. The maximum atomic E-state index is 12.5. The van der Waals surface area contributed by atoms with E-state index in [0.29, 0.717) is 0 Å². The molecule has 0 fully saturated rings. The molecule has 0 aliphatic carbocycles. The van der Waals surface area contributed by atoms with Crippen LogP contribution in [0.3, 0.4) is 0 Å². The van der Waals surface area contributed by atoms with E-state index in [1.807, 2.05) is 0 Å². The Labute approximate surface area is 109 Å². The normalized spacial score (nSPS) is 13.9. The van der Waals surface area contributed by atoms with Gasteiger partial charge in [0.15, 0.2) is 0 Å². The van der Waals surface area contributed by atoms with Crippen LogP contribution in [0.4, 0.5) is 22.0 Å². The summed E-state index contributed by atoms with van der Waals surface area (Å²) in [6, 6.07) is 0.258. The lowest BCUT2D eigenvalue weighted by atomic mass is 10.3. The second-order valence-corrected chi connectivity index (χ2v) is 6.74. The standard InChI is InChI=1S/C9H17F5O4Si/c1-15-19(16-2,17-3)6-4-5-18-7-8(10,11)9(12,13)14/h4-7H2,1-3H3. The van der Waals surface area contributed by atoms with Crippen LogP contribution >= 0.6 is 0 Å². The van der Waals surface area contributed by atoms with Crippen molar-refractivity contribution in [2.75, 3.05) is 34.5 Å². The highest BCUT2D eigenvalue weighted by atomic mass is 28.4. The van der Waals surface area contributed by atoms with Gasteiger partial charge in [-0.15, -0.1) is 0 Å². The summed E-state index contributed by atoms with van der Waals surface area (Å²) in [4.78, 5) is 0. The minimum absolute atomic E-state index is 0.190. The van der Waals surface area contributed by atoms with E-state index in [-0.39, 0.29) is 19.1 Å². The molecule has 0 radical (unpaired) electrons. The maximum Gasteiger partial charge on any atom is 0.500 e. The van der Waals surface area contributed by atoms with Gasteiger partial charge in [-0.25, -0.2) is 0 Å². The van der Waals surface area contributed by atoms with Crippen molar-refractivity contribution in [1.82, 2.24) is 0 Å². The third-order valence-electron chi connectivity index (χ3n) is 2.40. The van der Waals surface area contributed by atoms with E-state index in [1.165, 1.54) is 21.3 Å². The Hall–Kier alpha value is -0.293. The first kappa shape index (κ1) is 18.7. The molecule has 0 heterocycles. The molecular weight excluding hydrogens is 295 g/mol. The molecule has 0 aliphatic heterocycles. The first-order valence-corrected chi connectivity index (χ1v) is 7.25. The number of ether oxygens (including phenoxy) is 1. The second kappa shape index (κ2) is 7.48. The molecule has 0 N–H and O–H groups in total. The van der Waals surface area contributed by atoms with Gasteiger partial charge in [0.2, 0.25) is 0 Å². The van der Waals surface area contributed by atoms with Crippen molar-refractivity contribution in [3.8, 4) is 0 Å². The lowest BCUT2D eigenvalue weighted by Crippen LogP contribution is -2.43. The van der Waals surface area contributed by atoms with Gasteiger partial charge in [-0.3, -0.25) is 0 Å². The molecule has 116 valence electrons. The summed E-state index contributed by atoms with van der Waals surface area (Å²) in [6.45, 7) is -1.96. The Morgan fingerprint density at radius 1 is 0.895 bits per heavy atom. The van der Waals surface area contributed by atoms with Crippen LogP contribution in [0.2, 0.25) is 6.04 Å². The minimum atomic E-state index is -5.60. The number of hydrogen-bond donors (Lipinski definition) is 0. The van der Waals surface area contributed by atoms with Gasteiger partial charge in [0.1, 0.15) is 6.61 Å². The van der Waals surface area contributed by atoms with E-state index >= 15 is 0 Å². The van der Waals surface area contributed by atoms with Gasteiger partial charge in [0, 0.05) is 34.0 Å². The molecular formula is C9H17F5O4Si. The van der Waals surface area contributed by atoms with Gasteiger partial charge in [-0.2, -0.15) is 22.0 Å². The van der Waals surface area contributed by atoms with Crippen LogP contribution < -0.4 is 0 Å². The quantitative estimate of drug-likeness (QED) is 0.372. The molecule has 0 aromatic carbocycles. The molecule has 4 nitrogen and oxygen atoms in total. The van der Waals surface area contributed by atoms with Crippen LogP contribution in [0.1, 0.15) is 6.42 Å². The van der Waals surface area contributed by atoms with E-state index < -0.39 is 27.5 Å². The van der Waals surface area contributed by atoms with Crippen molar-refractivity contribution < 1.29 is 40.0 Å². The third kappa shape index (κ3) is 5.69. The molecule has 0 aromatic rings. The molecule has 0 aliphatic rings. The Morgan fingerprint density at radius 2 is 1.37 bits per heavy atom. The second-order valence-electron chi connectivity index (χ2n) is 3.65. The van der Waals surface area contributed by atoms with Crippen LogP contribution in [0.15, 0.2) is 0 Å². The fourth-order valence-electron chi connectivity index (χ4n) is 1.23. The van der Waals surface area contributed by atoms with E-state index in [1.54, 1.807) is 0 Å². The minimum Gasteiger partial charge on any atom is -0.377 e. The molecule has 19 heavy (non-hydrogen) atoms. The Balaban J connectivity index is 4.00. The zero-order chi connectivity index (χ0) is 15.2. The van der Waals surface area contributed by atoms with Crippen molar-refractivity contribution in [2.45, 2.75) is 24.6 Å². The summed E-state index contributed by atoms with van der Waals surface area (Å²) in [5, 5.41) is 0. The van der Waals surface area contributed by atoms with Crippen molar-refractivity contribution in [2.24, 2.45) is 0 Å². The highest BCUT2D eigenvalue weighted by Crippen LogP contribution is 2.35. The Bertz CT molecular complexity index is 245. The first-order valence-electron chi connectivity index (χ1n) is 5.32. The molecule has 0 aromatic heterocycles. The molecule has 0 unspecified atom stereocenters. The zero-order valence-corrected chi connectivity index (χ0v) is 11.9. The van der Waals surface area contributed by atoms with E-state index in [9.17, 15) is 22.0 Å². The SMILES string of the molecule is CO[Si](CCCOCC(F)(F)C(F)(F)F)(OC)OC. The largest absolute Gasteiger partial charge is 0.500 e. The highest BCUT2D eigenvalue weighted by molar-refractivity contribution is 6.60. The van der Waals surface area contributed by atoms with Gasteiger partial charge in [-0.1, -0.05) is 0 Å². The van der Waals surface area contributed by atoms with Gasteiger partial charge < -0.3 is 18.0 Å². The van der Waals surface area contributed by atoms with Gasteiger partial charge in [0.25, 0.3) is 0 Å². The lowest BCUT2D eigenvalue weighted by molar-refractivity contribution is -0.296. The Kier molecular flexibility index (Phi) is 7.36. The predicted molar refractivity (Wildman–Crippen MR) is 58.0 cm³/mol. The molecule has 0 saturated heterocycles. The first-order chi connectivity index (χ1) is 8.64. The van der Waals surface area contributed by atoms with Crippen molar-refractivity contribution in [1.29, 1.82) is 0 Å². The molecule has 0 amide bonds. The van der Waals surface area contributed by atoms with Crippen LogP contribution in [-0.4, -0.2) is 55.4 Å². The monoisotopic (exact) mass is 312 g/mol. The van der Waals surface area contributed by atoms with Crippen molar-refractivity contribution in [3.05, 3.63) is 0 Å². The highest BCUT2D eigenvalue weighted by Gasteiger charge is 2.57. The number of alkyl halides is 5. The third-order valence-corrected chi connectivity index (χ3v) is 5.23. The lowest BCUT2D eigenvalue weighted by Gasteiger charge is -2.24. The summed E-state index contributed by atoms with van der Waals surface area (Å²) < 4.78 is 79.9. The summed E-state index contributed by atoms with van der Waals surface area (Å²) >= 11 is 0. The average molecular weight is 312 g/mol. The Morgan fingerprint density at radius 3 is 1.74 bits per heavy atom. The summed E-state index contributed by atoms with van der Waals surface area (Å²) in [6.07, 6.45) is -5.41. The van der Waals surface area contributed by atoms with Crippen LogP contribution in [0.25, 0.3) is 0 Å². The molecule has 0 spiro atoms. The van der Waals surface area contributed by atoms with Crippen LogP contribution in [-0.2, 0) is 18.0 Å². The maximum absolute atomic E-state index is 12.5. The van der Waals surface area contributed by atoms with Crippen LogP contribution in [0.5, 0.6) is 0 Å². The van der Waals surface area contributed by atoms with E-state index in [2.05, 4.69) is 4.74 Å². The van der Waals surface area contributed by atoms with Gasteiger partial charge in [0.05, 0.1) is 0 Å². The smallest absolute Gasteiger partial charge is 0.377 e. The van der Waals surface area contributed by atoms with Crippen LogP contribution in [0, 0.1) is 0 Å². The van der Waals surface area contributed by atoms with Gasteiger partial charge in [-0.05, 0) is 6.42 Å². The topological polar surface area (TPSA) is 36.9 Å². The van der Waals surface area contributed by atoms with Crippen molar-refractivity contribution >= 4 is 8.80 Å². The summed E-state index contributed by atoms with van der Waals surface area (Å²) in [5.41, 5.74) is 0. The van der Waals surface area contributed by atoms with E-state index in [4.69, 9.17) is 13.3 Å². The number of halogens is 5. The molecule has 0 saturated carbocycles. The summed E-state index contributed by atoms with van der Waals surface area (Å²) in [7, 11) is 1.28. The van der Waals surface area contributed by atoms with Crippen molar-refractivity contribution in [3.63, 3.8) is 0 Å². The fraction of sp³-hybridized carbons (Fsp3) is 1.00.